The van der Waals surface area contributed by atoms with Crippen molar-refractivity contribution in [2.75, 3.05) is 32.7 Å². The topological polar surface area (TPSA) is 44.4 Å². The van der Waals surface area contributed by atoms with Crippen LogP contribution < -0.4 is 10.6 Å². The highest BCUT2D eigenvalue weighted by atomic mass is 35.5. The molecule has 2 N–H and O–H groups in total. The van der Waals surface area contributed by atoms with Crippen molar-refractivity contribution in [2.24, 2.45) is 5.92 Å². The van der Waals surface area contributed by atoms with E-state index in [9.17, 15) is 4.79 Å². The van der Waals surface area contributed by atoms with Crippen LogP contribution in [0.1, 0.15) is 24.0 Å². The lowest BCUT2D eigenvalue weighted by atomic mass is 9.97. The fourth-order valence-electron chi connectivity index (χ4n) is 3.31. The SMILES string of the molecule is Cl.O=C(NCCN1CCc2ccccc2C1)C1CCNCC1. The van der Waals surface area contributed by atoms with Crippen LogP contribution in [0.5, 0.6) is 0 Å². The van der Waals surface area contributed by atoms with E-state index in [1.807, 2.05) is 0 Å². The quantitative estimate of drug-likeness (QED) is 0.884. The number of nitrogens with zero attached hydrogens (tertiary/aromatic N) is 1. The Balaban J connectivity index is 0.00000176. The number of benzene rings is 1. The summed E-state index contributed by atoms with van der Waals surface area (Å²) in [5.41, 5.74) is 2.92. The molecule has 0 aliphatic carbocycles. The van der Waals surface area contributed by atoms with Gasteiger partial charge in [-0.15, -0.1) is 12.4 Å². The van der Waals surface area contributed by atoms with Gasteiger partial charge in [-0.3, -0.25) is 9.69 Å². The van der Waals surface area contributed by atoms with E-state index in [0.29, 0.717) is 0 Å². The van der Waals surface area contributed by atoms with Crippen LogP contribution in [0, 0.1) is 5.92 Å². The number of carbonyl (C=O) groups is 1. The van der Waals surface area contributed by atoms with E-state index >= 15 is 0 Å². The molecule has 2 aliphatic heterocycles. The second-order valence-corrected chi connectivity index (χ2v) is 6.11. The number of fused-ring (bicyclic) bond motifs is 1. The predicted molar refractivity (Wildman–Crippen MR) is 91.3 cm³/mol. The largest absolute Gasteiger partial charge is 0.355 e. The maximum Gasteiger partial charge on any atom is 0.223 e. The Hall–Kier alpha value is -1.10. The zero-order valence-electron chi connectivity index (χ0n) is 13.0. The van der Waals surface area contributed by atoms with Gasteiger partial charge in [0.05, 0.1) is 0 Å². The number of amides is 1. The van der Waals surface area contributed by atoms with Crippen molar-refractivity contribution in [3.8, 4) is 0 Å². The van der Waals surface area contributed by atoms with Gasteiger partial charge in [0.15, 0.2) is 0 Å². The van der Waals surface area contributed by atoms with E-state index in [2.05, 4.69) is 39.8 Å². The second kappa shape index (κ2) is 8.51. The van der Waals surface area contributed by atoms with Crippen molar-refractivity contribution in [1.29, 1.82) is 0 Å². The number of carbonyl (C=O) groups excluding carboxylic acids is 1. The fraction of sp³-hybridized carbons (Fsp3) is 0.588. The highest BCUT2D eigenvalue weighted by Crippen LogP contribution is 2.17. The molecule has 0 bridgehead atoms. The molecule has 22 heavy (non-hydrogen) atoms. The third-order valence-corrected chi connectivity index (χ3v) is 4.65. The predicted octanol–water partition coefficient (Wildman–Crippen LogP) is 1.58. The molecule has 1 aromatic rings. The number of hydrogen-bond donors (Lipinski definition) is 2. The molecule has 122 valence electrons. The Morgan fingerprint density at radius 3 is 2.73 bits per heavy atom. The average molecular weight is 324 g/mol. The van der Waals surface area contributed by atoms with Crippen LogP contribution >= 0.6 is 12.4 Å². The zero-order chi connectivity index (χ0) is 14.5. The van der Waals surface area contributed by atoms with Crippen molar-refractivity contribution < 1.29 is 4.79 Å². The summed E-state index contributed by atoms with van der Waals surface area (Å²) in [5.74, 6) is 0.460. The maximum atomic E-state index is 12.1. The Bertz CT molecular complexity index is 489. The van der Waals surface area contributed by atoms with E-state index in [1.165, 1.54) is 11.1 Å². The first-order chi connectivity index (χ1) is 10.3. The van der Waals surface area contributed by atoms with E-state index in [4.69, 9.17) is 0 Å². The molecule has 0 radical (unpaired) electrons. The van der Waals surface area contributed by atoms with Crippen molar-refractivity contribution in [3.63, 3.8) is 0 Å². The van der Waals surface area contributed by atoms with Crippen LogP contribution in [0.15, 0.2) is 24.3 Å². The fourth-order valence-corrected chi connectivity index (χ4v) is 3.31. The first kappa shape index (κ1) is 17.3. The van der Waals surface area contributed by atoms with Crippen LogP contribution in [-0.4, -0.2) is 43.5 Å². The molecule has 4 nitrogen and oxygen atoms in total. The van der Waals surface area contributed by atoms with Crippen LogP contribution in [-0.2, 0) is 17.8 Å². The molecule has 0 unspecified atom stereocenters. The van der Waals surface area contributed by atoms with Gasteiger partial charge in [-0.05, 0) is 43.5 Å². The highest BCUT2D eigenvalue weighted by molar-refractivity contribution is 5.85. The van der Waals surface area contributed by atoms with E-state index < -0.39 is 0 Å². The first-order valence-corrected chi connectivity index (χ1v) is 8.10. The summed E-state index contributed by atoms with van der Waals surface area (Å²) in [6.45, 7) is 5.78. The lowest BCUT2D eigenvalue weighted by Gasteiger charge is -2.29. The Morgan fingerprint density at radius 2 is 1.95 bits per heavy atom. The Kier molecular flexibility index (Phi) is 6.68. The minimum atomic E-state index is 0. The van der Waals surface area contributed by atoms with Gasteiger partial charge in [0.1, 0.15) is 0 Å². The molecule has 3 rings (SSSR count). The monoisotopic (exact) mass is 323 g/mol. The van der Waals surface area contributed by atoms with E-state index in [-0.39, 0.29) is 24.2 Å². The van der Waals surface area contributed by atoms with Crippen molar-refractivity contribution in [1.82, 2.24) is 15.5 Å². The summed E-state index contributed by atoms with van der Waals surface area (Å²) in [6, 6.07) is 8.68. The van der Waals surface area contributed by atoms with Gasteiger partial charge in [0, 0.05) is 32.1 Å². The molecule has 5 heteroatoms. The summed E-state index contributed by atoms with van der Waals surface area (Å²) in [5, 5.41) is 6.41. The molecule has 1 aromatic carbocycles. The van der Waals surface area contributed by atoms with Crippen molar-refractivity contribution in [2.45, 2.75) is 25.8 Å². The van der Waals surface area contributed by atoms with Crippen molar-refractivity contribution >= 4 is 18.3 Å². The van der Waals surface area contributed by atoms with Crippen LogP contribution in [0.25, 0.3) is 0 Å². The molecule has 0 atom stereocenters. The Morgan fingerprint density at radius 1 is 1.23 bits per heavy atom. The Labute approximate surface area is 139 Å². The standard InChI is InChI=1S/C17H25N3O.ClH/c21-17(15-5-8-18-9-6-15)19-10-12-20-11-7-14-3-1-2-4-16(14)13-20;/h1-4,15,18H,5-13H2,(H,19,21);1H. The number of piperidine rings is 1. The third-order valence-electron chi connectivity index (χ3n) is 4.65. The van der Waals surface area contributed by atoms with Gasteiger partial charge in [-0.25, -0.2) is 0 Å². The van der Waals surface area contributed by atoms with Gasteiger partial charge >= 0.3 is 0 Å². The summed E-state index contributed by atoms with van der Waals surface area (Å²) in [4.78, 5) is 14.5. The van der Waals surface area contributed by atoms with Gasteiger partial charge in [0.25, 0.3) is 0 Å². The molecule has 0 spiro atoms. The van der Waals surface area contributed by atoms with Crippen molar-refractivity contribution in [3.05, 3.63) is 35.4 Å². The normalized spacial score (nSPS) is 19.1. The van der Waals surface area contributed by atoms with E-state index in [0.717, 1.165) is 58.5 Å². The minimum Gasteiger partial charge on any atom is -0.355 e. The maximum absolute atomic E-state index is 12.1. The van der Waals surface area contributed by atoms with Gasteiger partial charge in [0.2, 0.25) is 5.91 Å². The minimum absolute atomic E-state index is 0. The number of nitrogens with one attached hydrogen (secondary N) is 2. The number of rotatable bonds is 4. The summed E-state index contributed by atoms with van der Waals surface area (Å²) < 4.78 is 0. The molecule has 2 heterocycles. The molecule has 1 saturated heterocycles. The van der Waals surface area contributed by atoms with Gasteiger partial charge in [-0.2, -0.15) is 0 Å². The number of halogens is 1. The third kappa shape index (κ3) is 4.45. The summed E-state index contributed by atoms with van der Waals surface area (Å²) in [7, 11) is 0. The first-order valence-electron chi connectivity index (χ1n) is 8.10. The molecule has 0 saturated carbocycles. The molecule has 0 aromatic heterocycles. The molecule has 1 fully saturated rings. The van der Waals surface area contributed by atoms with Crippen LogP contribution in [0.3, 0.4) is 0 Å². The zero-order valence-corrected chi connectivity index (χ0v) is 13.8. The van der Waals surface area contributed by atoms with Gasteiger partial charge < -0.3 is 10.6 Å². The average Bonchev–Trinajstić information content (AvgIpc) is 2.55. The van der Waals surface area contributed by atoms with Crippen LogP contribution in [0.2, 0.25) is 0 Å². The molecule has 2 aliphatic rings. The van der Waals surface area contributed by atoms with E-state index in [1.54, 1.807) is 0 Å². The smallest absolute Gasteiger partial charge is 0.223 e. The second-order valence-electron chi connectivity index (χ2n) is 6.11. The number of hydrogen-bond acceptors (Lipinski definition) is 3. The summed E-state index contributed by atoms with van der Waals surface area (Å²) in [6.07, 6.45) is 3.07. The van der Waals surface area contributed by atoms with Crippen LogP contribution in [0.4, 0.5) is 0 Å². The molecular formula is C17H26ClN3O. The molecular weight excluding hydrogens is 298 g/mol. The highest BCUT2D eigenvalue weighted by Gasteiger charge is 2.21. The lowest BCUT2D eigenvalue weighted by molar-refractivity contribution is -0.125. The van der Waals surface area contributed by atoms with Gasteiger partial charge in [-0.1, -0.05) is 24.3 Å². The molecule has 1 amide bonds. The summed E-state index contributed by atoms with van der Waals surface area (Å²) >= 11 is 0. The lowest BCUT2D eigenvalue weighted by Crippen LogP contribution is -2.42.